The van der Waals surface area contributed by atoms with Crippen LogP contribution in [0, 0.1) is 11.6 Å². The van der Waals surface area contributed by atoms with Crippen LogP contribution in [-0.2, 0) is 6.42 Å². The number of benzene rings is 2. The molecule has 120 valence electrons. The minimum Gasteiger partial charge on any atom is -0.490 e. The summed E-state index contributed by atoms with van der Waals surface area (Å²) < 4.78 is 39.9. The minimum atomic E-state index is -0.598. The van der Waals surface area contributed by atoms with Gasteiger partial charge in [0.2, 0.25) is 5.82 Å². The molecule has 1 aromatic heterocycles. The molecule has 0 aliphatic heterocycles. The first-order valence-electron chi connectivity index (χ1n) is 7.73. The van der Waals surface area contributed by atoms with E-state index in [4.69, 9.17) is 9.15 Å². The van der Waals surface area contributed by atoms with Gasteiger partial charge in [0.15, 0.2) is 22.7 Å². The highest BCUT2D eigenvalue weighted by molar-refractivity contribution is 6.05. The molecule has 3 rings (SSSR count). The van der Waals surface area contributed by atoms with E-state index in [2.05, 4.69) is 6.58 Å². The molecule has 1 heterocycles. The molecule has 0 N–H and O–H groups in total. The Morgan fingerprint density at radius 3 is 2.48 bits per heavy atom. The molecule has 0 saturated carbocycles. The number of halogens is 2. The molecule has 0 spiro atoms. The molecule has 0 aliphatic rings. The Kier molecular flexibility index (Phi) is 4.33. The first kappa shape index (κ1) is 15.5. The van der Waals surface area contributed by atoms with Crippen molar-refractivity contribution in [2.45, 2.75) is 26.2 Å². The highest BCUT2D eigenvalue weighted by atomic mass is 19.1. The molecule has 4 heteroatoms. The highest BCUT2D eigenvalue weighted by Gasteiger charge is 2.19. The van der Waals surface area contributed by atoms with Crippen molar-refractivity contribution < 1.29 is 17.9 Å². The van der Waals surface area contributed by atoms with E-state index in [1.165, 1.54) is 0 Å². The van der Waals surface area contributed by atoms with Gasteiger partial charge in [0.1, 0.15) is 0 Å². The fourth-order valence-electron chi connectivity index (χ4n) is 2.69. The number of hydrogen-bond donors (Lipinski definition) is 0. The molecule has 0 fully saturated rings. The molecule has 23 heavy (non-hydrogen) atoms. The zero-order valence-electron chi connectivity index (χ0n) is 13.0. The summed E-state index contributed by atoms with van der Waals surface area (Å²) in [5.41, 5.74) is 0.721. The molecule has 0 saturated heterocycles. The van der Waals surface area contributed by atoms with Crippen molar-refractivity contribution in [2.24, 2.45) is 0 Å². The summed E-state index contributed by atoms with van der Waals surface area (Å²) in [6, 6.07) is 6.77. The van der Waals surface area contributed by atoms with Crippen molar-refractivity contribution in [2.75, 3.05) is 6.61 Å². The van der Waals surface area contributed by atoms with Crippen LogP contribution in [0.2, 0.25) is 0 Å². The lowest BCUT2D eigenvalue weighted by Gasteiger charge is -2.05. The Hall–Kier alpha value is -2.36. The molecule has 0 bridgehead atoms. The van der Waals surface area contributed by atoms with Gasteiger partial charge < -0.3 is 9.15 Å². The van der Waals surface area contributed by atoms with Gasteiger partial charge >= 0.3 is 0 Å². The third-order valence-corrected chi connectivity index (χ3v) is 3.83. The Labute approximate surface area is 133 Å². The fraction of sp³-hybridized carbons (Fsp3) is 0.263. The van der Waals surface area contributed by atoms with E-state index in [1.54, 1.807) is 30.3 Å². The van der Waals surface area contributed by atoms with Crippen LogP contribution in [0.4, 0.5) is 8.78 Å². The van der Waals surface area contributed by atoms with Gasteiger partial charge in [0.05, 0.1) is 6.61 Å². The van der Waals surface area contributed by atoms with Crippen LogP contribution in [0.15, 0.2) is 41.3 Å². The predicted octanol–water partition coefficient (Wildman–Crippen LogP) is 5.77. The van der Waals surface area contributed by atoms with Crippen LogP contribution in [0.25, 0.3) is 21.9 Å². The van der Waals surface area contributed by atoms with Gasteiger partial charge in [-0.25, -0.2) is 4.39 Å². The number of ether oxygens (including phenoxy) is 1. The molecular formula is C19H18F2O2. The Morgan fingerprint density at radius 2 is 1.78 bits per heavy atom. The van der Waals surface area contributed by atoms with Crippen molar-refractivity contribution >= 4 is 21.9 Å². The van der Waals surface area contributed by atoms with Crippen molar-refractivity contribution in [3.8, 4) is 5.75 Å². The Morgan fingerprint density at radius 1 is 1.09 bits per heavy atom. The monoisotopic (exact) mass is 316 g/mol. The maximum atomic E-state index is 14.5. The summed E-state index contributed by atoms with van der Waals surface area (Å²) in [4.78, 5) is 0. The van der Waals surface area contributed by atoms with Crippen LogP contribution < -0.4 is 4.74 Å². The number of furan rings is 1. The number of hydrogen-bond acceptors (Lipinski definition) is 2. The van der Waals surface area contributed by atoms with Crippen LogP contribution in [0.1, 0.15) is 25.3 Å². The van der Waals surface area contributed by atoms with Gasteiger partial charge in [0, 0.05) is 10.8 Å². The number of rotatable bonds is 6. The topological polar surface area (TPSA) is 22.4 Å². The first-order valence-corrected chi connectivity index (χ1v) is 7.73. The van der Waals surface area contributed by atoms with E-state index in [0.717, 1.165) is 6.42 Å². The normalized spacial score (nSPS) is 11.3. The maximum absolute atomic E-state index is 14.5. The van der Waals surface area contributed by atoms with Gasteiger partial charge in [-0.1, -0.05) is 25.5 Å². The third kappa shape index (κ3) is 2.69. The van der Waals surface area contributed by atoms with Gasteiger partial charge in [0.25, 0.3) is 0 Å². The maximum Gasteiger partial charge on any atom is 0.208 e. The lowest BCUT2D eigenvalue weighted by atomic mass is 10.1. The SMILES string of the molecule is C=CCCOc1ccc2c(oc3c(F)c(CCC)ccc32)c1F. The van der Waals surface area contributed by atoms with Crippen LogP contribution >= 0.6 is 0 Å². The largest absolute Gasteiger partial charge is 0.490 e. The molecule has 2 aromatic carbocycles. The number of aryl methyl sites for hydroxylation is 1. The molecule has 3 aromatic rings. The van der Waals surface area contributed by atoms with Crippen LogP contribution in [0.5, 0.6) is 5.75 Å². The zero-order chi connectivity index (χ0) is 16.4. The van der Waals surface area contributed by atoms with Crippen LogP contribution in [0.3, 0.4) is 0 Å². The standard InChI is InChI=1S/C19H18F2O2/c1-3-5-11-22-15-10-9-14-13-8-7-12(6-4-2)16(20)18(13)23-19(14)17(15)21/h3,7-10H,1,4-6,11H2,2H3. The molecule has 0 amide bonds. The summed E-state index contributed by atoms with van der Waals surface area (Å²) in [6.07, 6.45) is 3.77. The van der Waals surface area contributed by atoms with Crippen molar-refractivity contribution in [1.29, 1.82) is 0 Å². The third-order valence-electron chi connectivity index (χ3n) is 3.83. The molecule has 0 atom stereocenters. The summed E-state index contributed by atoms with van der Waals surface area (Å²) in [7, 11) is 0. The summed E-state index contributed by atoms with van der Waals surface area (Å²) >= 11 is 0. The molecule has 0 radical (unpaired) electrons. The van der Waals surface area contributed by atoms with Crippen molar-refractivity contribution in [3.05, 3.63) is 54.1 Å². The summed E-state index contributed by atoms with van der Waals surface area (Å²) in [6.45, 7) is 5.91. The van der Waals surface area contributed by atoms with E-state index in [-0.39, 0.29) is 16.9 Å². The van der Waals surface area contributed by atoms with Crippen LogP contribution in [-0.4, -0.2) is 6.61 Å². The van der Waals surface area contributed by atoms with Gasteiger partial charge in [-0.3, -0.25) is 0 Å². The average Bonchev–Trinajstić information content (AvgIpc) is 2.93. The fourth-order valence-corrected chi connectivity index (χ4v) is 2.69. The first-order chi connectivity index (χ1) is 11.2. The van der Waals surface area contributed by atoms with Gasteiger partial charge in [-0.2, -0.15) is 4.39 Å². The van der Waals surface area contributed by atoms with E-state index in [9.17, 15) is 8.78 Å². The van der Waals surface area contributed by atoms with Gasteiger partial charge in [-0.05, 0) is 36.6 Å². The lowest BCUT2D eigenvalue weighted by molar-refractivity contribution is 0.308. The average molecular weight is 316 g/mol. The lowest BCUT2D eigenvalue weighted by Crippen LogP contribution is -1.97. The van der Waals surface area contributed by atoms with Crippen molar-refractivity contribution in [3.63, 3.8) is 0 Å². The quantitative estimate of drug-likeness (QED) is 0.425. The molecular weight excluding hydrogens is 298 g/mol. The summed E-state index contributed by atoms with van der Waals surface area (Å²) in [5, 5.41) is 1.13. The van der Waals surface area contributed by atoms with Gasteiger partial charge in [-0.15, -0.1) is 6.58 Å². The molecule has 0 unspecified atom stereocenters. The second-order valence-corrected chi connectivity index (χ2v) is 5.45. The minimum absolute atomic E-state index is 0.0312. The Balaban J connectivity index is 2.12. The highest BCUT2D eigenvalue weighted by Crippen LogP contribution is 2.36. The number of fused-ring (bicyclic) bond motifs is 3. The smallest absolute Gasteiger partial charge is 0.208 e. The molecule has 2 nitrogen and oxygen atoms in total. The Bertz CT molecular complexity index is 865. The van der Waals surface area contributed by atoms with E-state index < -0.39 is 11.6 Å². The van der Waals surface area contributed by atoms with E-state index in [0.29, 0.717) is 35.8 Å². The van der Waals surface area contributed by atoms with Crippen molar-refractivity contribution in [1.82, 2.24) is 0 Å². The predicted molar refractivity (Wildman–Crippen MR) is 87.9 cm³/mol. The second kappa shape index (κ2) is 6.41. The summed E-state index contributed by atoms with van der Waals surface area (Å²) in [5.74, 6) is -0.902. The van der Waals surface area contributed by atoms with E-state index >= 15 is 0 Å². The zero-order valence-corrected chi connectivity index (χ0v) is 13.0. The van der Waals surface area contributed by atoms with E-state index in [1.807, 2.05) is 6.92 Å². The molecule has 0 aliphatic carbocycles. The second-order valence-electron chi connectivity index (χ2n) is 5.45.